The van der Waals surface area contributed by atoms with Crippen molar-refractivity contribution in [1.29, 1.82) is 0 Å². The molecule has 0 aromatic carbocycles. The van der Waals surface area contributed by atoms with Crippen molar-refractivity contribution < 1.29 is 52.2 Å². The van der Waals surface area contributed by atoms with E-state index in [1.807, 2.05) is 0 Å². The Hall–Kier alpha value is -2.82. The third kappa shape index (κ3) is 52.1. The predicted molar refractivity (Wildman–Crippen MR) is 298 cm³/mol. The van der Waals surface area contributed by atoms with Crippen molar-refractivity contribution in [2.45, 2.75) is 277 Å². The van der Waals surface area contributed by atoms with Crippen LogP contribution >= 0.6 is 7.82 Å². The van der Waals surface area contributed by atoms with Gasteiger partial charge in [-0.15, -0.1) is 0 Å². The van der Waals surface area contributed by atoms with E-state index in [2.05, 4.69) is 81.5 Å². The number of esters is 3. The van der Waals surface area contributed by atoms with Crippen molar-refractivity contribution in [1.82, 2.24) is 0 Å². The Kier molecular flexibility index (Phi) is 52.3. The van der Waals surface area contributed by atoms with Gasteiger partial charge >= 0.3 is 25.7 Å². The van der Waals surface area contributed by atoms with E-state index in [-0.39, 0.29) is 25.9 Å². The Bertz CT molecular complexity index is 1440. The molecule has 0 aliphatic rings. The van der Waals surface area contributed by atoms with Crippen LogP contribution in [0.3, 0.4) is 0 Å². The molecule has 0 heterocycles. The van der Waals surface area contributed by atoms with E-state index in [1.165, 1.54) is 83.5 Å². The topological polar surface area (TPSA) is 155 Å². The Morgan fingerprint density at radius 3 is 1.17 bits per heavy atom. The first-order valence-electron chi connectivity index (χ1n) is 29.2. The smallest absolute Gasteiger partial charge is 0.462 e. The molecule has 0 amide bonds. The second-order valence-electron chi connectivity index (χ2n) is 19.4. The van der Waals surface area contributed by atoms with Crippen molar-refractivity contribution in [3.05, 3.63) is 60.8 Å². The Balaban J connectivity index is 4.74. The second-order valence-corrected chi connectivity index (χ2v) is 20.9. The number of carbonyl (C=O) groups is 3. The third-order valence-electron chi connectivity index (χ3n) is 12.4. The molecule has 418 valence electrons. The lowest BCUT2D eigenvalue weighted by Crippen LogP contribution is -2.30. The molecule has 0 radical (unpaired) electrons. The maximum absolute atomic E-state index is 12.9. The highest BCUT2D eigenvalue weighted by atomic mass is 31.2. The van der Waals surface area contributed by atoms with Crippen LogP contribution in [0.2, 0.25) is 0 Å². The number of ether oxygens (including phenoxy) is 3. The van der Waals surface area contributed by atoms with E-state index in [1.54, 1.807) is 0 Å². The minimum Gasteiger partial charge on any atom is -0.462 e. The van der Waals surface area contributed by atoms with Crippen LogP contribution in [0.4, 0.5) is 0 Å². The zero-order valence-electron chi connectivity index (χ0n) is 46.1. The predicted octanol–water partition coefficient (Wildman–Crippen LogP) is 17.1. The molecule has 0 rings (SSSR count). The Labute approximate surface area is 440 Å². The molecular formula is C60H107O11P. The molecule has 12 heteroatoms. The van der Waals surface area contributed by atoms with E-state index in [9.17, 15) is 28.9 Å². The van der Waals surface area contributed by atoms with Crippen molar-refractivity contribution in [3.8, 4) is 0 Å². The van der Waals surface area contributed by atoms with Crippen LogP contribution < -0.4 is 0 Å². The van der Waals surface area contributed by atoms with Crippen molar-refractivity contribution in [2.24, 2.45) is 0 Å². The summed E-state index contributed by atoms with van der Waals surface area (Å²) in [7, 11) is -4.75. The van der Waals surface area contributed by atoms with Gasteiger partial charge in [0, 0.05) is 19.3 Å². The summed E-state index contributed by atoms with van der Waals surface area (Å²) in [6, 6.07) is 0. The molecule has 72 heavy (non-hydrogen) atoms. The highest BCUT2D eigenvalue weighted by Gasteiger charge is 2.28. The Morgan fingerprint density at radius 2 is 0.736 bits per heavy atom. The number of aliphatic hydroxyl groups excluding tert-OH is 1. The van der Waals surface area contributed by atoms with Gasteiger partial charge in [-0.1, -0.05) is 210 Å². The fraction of sp³-hybridized carbons (Fsp3) is 0.783. The summed E-state index contributed by atoms with van der Waals surface area (Å²) in [4.78, 5) is 48.5. The van der Waals surface area contributed by atoms with E-state index < -0.39 is 57.8 Å². The molecule has 0 aliphatic carbocycles. The number of phosphoric acid groups is 1. The number of allylic oxidation sites excluding steroid dienone is 10. The number of carbonyl (C=O) groups excluding carboxylic acids is 3. The van der Waals surface area contributed by atoms with Crippen LogP contribution in [0, 0.1) is 0 Å². The van der Waals surface area contributed by atoms with Crippen LogP contribution in [-0.2, 0) is 42.2 Å². The standard InChI is InChI=1S/C60H107O11P/c1-4-7-10-13-16-19-22-24-26-28-30-32-35-37-40-43-46-49-58(62)67-53-57(71-60(64)51-48-45-42-39-36-33-31-29-27-25-23-20-17-14-11-8-5-2)55-69-72(65,66)68-54-56(52-61)70-59(63)50-47-44-41-38-34-21-18-15-12-9-6-3/h7,10,15-16,18-19,24-27,56-57,61H,4-6,8-9,11-14,17,20-23,28-55H2,1-3H3,(H,65,66)/b10-7-,18-15-,19-16-,26-24-,27-25-. The molecule has 0 fully saturated rings. The zero-order valence-corrected chi connectivity index (χ0v) is 47.0. The molecule has 11 nitrogen and oxygen atoms in total. The van der Waals surface area contributed by atoms with Crippen LogP contribution in [0.1, 0.15) is 265 Å². The minimum absolute atomic E-state index is 0.160. The van der Waals surface area contributed by atoms with E-state index >= 15 is 0 Å². The molecule has 0 saturated heterocycles. The van der Waals surface area contributed by atoms with Gasteiger partial charge < -0.3 is 24.2 Å². The van der Waals surface area contributed by atoms with Crippen LogP contribution in [0.25, 0.3) is 0 Å². The van der Waals surface area contributed by atoms with Gasteiger partial charge in [0.25, 0.3) is 0 Å². The summed E-state index contributed by atoms with van der Waals surface area (Å²) in [5.74, 6) is -1.48. The molecule has 0 saturated carbocycles. The maximum Gasteiger partial charge on any atom is 0.472 e. The first-order chi connectivity index (χ1) is 35.2. The first-order valence-corrected chi connectivity index (χ1v) is 30.7. The molecule has 0 aromatic heterocycles. The van der Waals surface area contributed by atoms with Gasteiger partial charge in [0.1, 0.15) is 12.7 Å². The normalized spacial score (nSPS) is 13.8. The summed E-state index contributed by atoms with van der Waals surface area (Å²) in [6.07, 6.45) is 58.9. The van der Waals surface area contributed by atoms with E-state index in [0.717, 1.165) is 122 Å². The number of rotatable bonds is 54. The summed E-state index contributed by atoms with van der Waals surface area (Å²) < 4.78 is 39.5. The van der Waals surface area contributed by atoms with Crippen LogP contribution in [0.15, 0.2) is 60.8 Å². The summed E-state index contributed by atoms with van der Waals surface area (Å²) in [5, 5.41) is 9.79. The van der Waals surface area contributed by atoms with Crippen molar-refractivity contribution in [2.75, 3.05) is 26.4 Å². The summed E-state index contributed by atoms with van der Waals surface area (Å²) >= 11 is 0. The lowest BCUT2D eigenvalue weighted by Gasteiger charge is -2.21. The van der Waals surface area contributed by atoms with Gasteiger partial charge in [-0.2, -0.15) is 0 Å². The first kappa shape index (κ1) is 69.2. The minimum atomic E-state index is -4.75. The van der Waals surface area contributed by atoms with E-state index in [0.29, 0.717) is 19.3 Å². The van der Waals surface area contributed by atoms with Crippen molar-refractivity contribution in [3.63, 3.8) is 0 Å². The molecule has 0 aliphatic heterocycles. The van der Waals surface area contributed by atoms with E-state index in [4.69, 9.17) is 23.3 Å². The Morgan fingerprint density at radius 1 is 0.403 bits per heavy atom. The average molecular weight is 1040 g/mol. The largest absolute Gasteiger partial charge is 0.472 e. The van der Waals surface area contributed by atoms with Gasteiger partial charge in [-0.05, 0) is 96.3 Å². The molecule has 0 spiro atoms. The SMILES string of the molecule is CC/C=C\C/C=C\C/C=C\CCCCCCCCCC(=O)OCC(COP(=O)(O)OCC(CO)OC(=O)CCCCCCC/C=C\CCCC)OC(=O)CCCCCCCCC/C=C\CCCCCCCC. The summed E-state index contributed by atoms with van der Waals surface area (Å²) in [5.41, 5.74) is 0. The number of unbranched alkanes of at least 4 members (excludes halogenated alkanes) is 27. The van der Waals surface area contributed by atoms with Gasteiger partial charge in [-0.25, -0.2) is 4.57 Å². The van der Waals surface area contributed by atoms with Gasteiger partial charge in [0.15, 0.2) is 6.10 Å². The van der Waals surface area contributed by atoms with Gasteiger partial charge in [0.05, 0.1) is 19.8 Å². The number of hydrogen-bond acceptors (Lipinski definition) is 10. The van der Waals surface area contributed by atoms with Crippen molar-refractivity contribution >= 4 is 25.7 Å². The van der Waals surface area contributed by atoms with Gasteiger partial charge in [0.2, 0.25) is 0 Å². The molecule has 0 bridgehead atoms. The van der Waals surface area contributed by atoms with Gasteiger partial charge in [-0.3, -0.25) is 23.4 Å². The fourth-order valence-electron chi connectivity index (χ4n) is 7.93. The quantitative estimate of drug-likeness (QED) is 0.0197. The maximum atomic E-state index is 12.9. The summed E-state index contributed by atoms with van der Waals surface area (Å²) in [6.45, 7) is 4.48. The highest BCUT2D eigenvalue weighted by Crippen LogP contribution is 2.43. The third-order valence-corrected chi connectivity index (χ3v) is 13.3. The molecule has 3 unspecified atom stereocenters. The molecule has 0 aromatic rings. The van der Waals surface area contributed by atoms with Crippen LogP contribution in [-0.4, -0.2) is 66.5 Å². The number of hydrogen-bond donors (Lipinski definition) is 2. The second kappa shape index (κ2) is 54.4. The average Bonchev–Trinajstić information content (AvgIpc) is 3.37. The highest BCUT2D eigenvalue weighted by molar-refractivity contribution is 7.47. The zero-order chi connectivity index (χ0) is 52.7. The number of aliphatic hydroxyl groups is 1. The molecular weight excluding hydrogens is 928 g/mol. The lowest BCUT2D eigenvalue weighted by molar-refractivity contribution is -0.161. The lowest BCUT2D eigenvalue weighted by atomic mass is 10.1. The van der Waals surface area contributed by atoms with Crippen LogP contribution in [0.5, 0.6) is 0 Å². The molecule has 2 N–H and O–H groups in total. The number of phosphoric ester groups is 1. The molecule has 3 atom stereocenters. The monoisotopic (exact) mass is 1030 g/mol. The fourth-order valence-corrected chi connectivity index (χ4v) is 8.72.